The average molecular weight is 447 g/mol. The molecule has 0 aliphatic heterocycles. The summed E-state index contributed by atoms with van der Waals surface area (Å²) < 4.78 is 32.7. The van der Waals surface area contributed by atoms with E-state index in [1.165, 1.54) is 24.5 Å². The van der Waals surface area contributed by atoms with Crippen LogP contribution in [0.4, 0.5) is 0 Å². The first-order chi connectivity index (χ1) is 13.9. The predicted molar refractivity (Wildman–Crippen MR) is 114 cm³/mol. The fourth-order valence-corrected chi connectivity index (χ4v) is 5.03. The highest BCUT2D eigenvalue weighted by Crippen LogP contribution is 2.34. The van der Waals surface area contributed by atoms with Crippen LogP contribution < -0.4 is 4.74 Å². The molecule has 0 N–H and O–H groups in total. The Labute approximate surface area is 178 Å². The highest BCUT2D eigenvalue weighted by atomic mass is 35.5. The molecule has 0 aliphatic rings. The molecule has 0 amide bonds. The smallest absolute Gasteiger partial charge is 0.269 e. The van der Waals surface area contributed by atoms with Gasteiger partial charge < -0.3 is 4.74 Å². The van der Waals surface area contributed by atoms with Crippen LogP contribution in [0, 0.1) is 6.92 Å². The van der Waals surface area contributed by atoms with Crippen molar-refractivity contribution in [1.82, 2.24) is 8.96 Å². The Kier molecular flexibility index (Phi) is 5.25. The Morgan fingerprint density at radius 1 is 1.00 bits per heavy atom. The quantitative estimate of drug-likeness (QED) is 0.407. The maximum Gasteiger partial charge on any atom is 0.269 e. The number of hydrogen-bond donors (Lipinski definition) is 0. The molecule has 4 rings (SSSR count). The van der Waals surface area contributed by atoms with E-state index in [1.54, 1.807) is 18.2 Å². The van der Waals surface area contributed by atoms with Crippen LogP contribution in [-0.2, 0) is 16.6 Å². The van der Waals surface area contributed by atoms with Crippen molar-refractivity contribution < 1.29 is 13.2 Å². The molecule has 0 atom stereocenters. The second kappa shape index (κ2) is 7.71. The maximum atomic E-state index is 12.9. The zero-order valence-corrected chi connectivity index (χ0v) is 17.7. The van der Waals surface area contributed by atoms with Crippen molar-refractivity contribution in [3.05, 3.63) is 88.3 Å². The molecule has 0 saturated heterocycles. The molecule has 0 bridgehead atoms. The van der Waals surface area contributed by atoms with Crippen molar-refractivity contribution >= 4 is 44.1 Å². The Bertz CT molecular complexity index is 1300. The SMILES string of the molecule is Cc1ccc2cccc(OCc3c(Cl)ccc(S(=O)(=O)n4cccc4)c3Cl)c2n1. The van der Waals surface area contributed by atoms with Gasteiger partial charge in [0.05, 0.1) is 5.02 Å². The van der Waals surface area contributed by atoms with Crippen molar-refractivity contribution in [3.63, 3.8) is 0 Å². The number of aromatic nitrogens is 2. The van der Waals surface area contributed by atoms with E-state index in [2.05, 4.69) is 4.98 Å². The number of halogens is 2. The van der Waals surface area contributed by atoms with Crippen LogP contribution >= 0.6 is 23.2 Å². The Hall–Kier alpha value is -2.54. The second-order valence-corrected chi connectivity index (χ2v) is 9.02. The monoisotopic (exact) mass is 446 g/mol. The molecule has 0 spiro atoms. The first kappa shape index (κ1) is 19.8. The number of pyridine rings is 1. The largest absolute Gasteiger partial charge is 0.487 e. The fraction of sp³-hybridized carbons (Fsp3) is 0.0952. The van der Waals surface area contributed by atoms with Gasteiger partial charge in [0.2, 0.25) is 0 Å². The van der Waals surface area contributed by atoms with Gasteiger partial charge in [-0.1, -0.05) is 41.4 Å². The summed E-state index contributed by atoms with van der Waals surface area (Å²) >= 11 is 12.8. The van der Waals surface area contributed by atoms with Crippen LogP contribution in [0.25, 0.3) is 10.9 Å². The van der Waals surface area contributed by atoms with E-state index in [-0.39, 0.29) is 16.5 Å². The van der Waals surface area contributed by atoms with Crippen molar-refractivity contribution in [2.24, 2.45) is 0 Å². The third-order valence-electron chi connectivity index (χ3n) is 4.48. The van der Waals surface area contributed by atoms with Gasteiger partial charge in [0.25, 0.3) is 10.0 Å². The molecule has 0 saturated carbocycles. The van der Waals surface area contributed by atoms with Gasteiger partial charge in [0.1, 0.15) is 22.8 Å². The highest BCUT2D eigenvalue weighted by molar-refractivity contribution is 7.90. The normalized spacial score (nSPS) is 11.7. The summed E-state index contributed by atoms with van der Waals surface area (Å²) in [5.41, 5.74) is 1.98. The number of hydrogen-bond acceptors (Lipinski definition) is 4. The van der Waals surface area contributed by atoms with Crippen LogP contribution in [0.15, 0.2) is 71.9 Å². The van der Waals surface area contributed by atoms with E-state index in [4.69, 9.17) is 27.9 Å². The van der Waals surface area contributed by atoms with Crippen LogP contribution in [-0.4, -0.2) is 17.4 Å². The molecule has 0 fully saturated rings. The first-order valence-electron chi connectivity index (χ1n) is 8.72. The number of rotatable bonds is 5. The third kappa shape index (κ3) is 3.71. The zero-order chi connectivity index (χ0) is 20.6. The van der Waals surface area contributed by atoms with Crippen LogP contribution in [0.3, 0.4) is 0 Å². The molecule has 0 aliphatic carbocycles. The number of nitrogens with zero attached hydrogens (tertiary/aromatic N) is 2. The van der Waals surface area contributed by atoms with E-state index in [1.807, 2.05) is 31.2 Å². The number of para-hydroxylation sites is 1. The lowest BCUT2D eigenvalue weighted by molar-refractivity contribution is 0.309. The summed E-state index contributed by atoms with van der Waals surface area (Å²) in [7, 11) is -3.83. The predicted octanol–water partition coefficient (Wildman–Crippen LogP) is 5.47. The summed E-state index contributed by atoms with van der Waals surface area (Å²) in [5.74, 6) is 0.567. The molecular formula is C21H16Cl2N2O3S. The first-order valence-corrected chi connectivity index (χ1v) is 10.9. The molecule has 148 valence electrons. The zero-order valence-electron chi connectivity index (χ0n) is 15.3. The molecule has 2 aromatic carbocycles. The molecule has 8 heteroatoms. The minimum atomic E-state index is -3.83. The van der Waals surface area contributed by atoms with E-state index in [0.29, 0.717) is 16.3 Å². The number of benzene rings is 2. The average Bonchev–Trinajstić information content (AvgIpc) is 3.23. The number of fused-ring (bicyclic) bond motifs is 1. The van der Waals surface area contributed by atoms with Gasteiger partial charge >= 0.3 is 0 Å². The van der Waals surface area contributed by atoms with Gasteiger partial charge in [-0.25, -0.2) is 17.4 Å². The lowest BCUT2D eigenvalue weighted by Gasteiger charge is -2.14. The van der Waals surface area contributed by atoms with Gasteiger partial charge in [-0.2, -0.15) is 0 Å². The van der Waals surface area contributed by atoms with E-state index >= 15 is 0 Å². The minimum Gasteiger partial charge on any atom is -0.487 e. The second-order valence-electron chi connectivity index (χ2n) is 6.43. The van der Waals surface area contributed by atoms with Crippen LogP contribution in [0.2, 0.25) is 10.0 Å². The van der Waals surface area contributed by atoms with Crippen LogP contribution in [0.1, 0.15) is 11.3 Å². The molecule has 0 radical (unpaired) electrons. The molecule has 2 heterocycles. The lowest BCUT2D eigenvalue weighted by atomic mass is 10.2. The Balaban J connectivity index is 1.71. The summed E-state index contributed by atoms with van der Waals surface area (Å²) in [4.78, 5) is 4.50. The molecular weight excluding hydrogens is 431 g/mol. The fourth-order valence-electron chi connectivity index (χ4n) is 2.98. The van der Waals surface area contributed by atoms with Crippen molar-refractivity contribution in [1.29, 1.82) is 0 Å². The molecule has 0 unspecified atom stereocenters. The summed E-state index contributed by atoms with van der Waals surface area (Å²) in [6, 6.07) is 15.7. The maximum absolute atomic E-state index is 12.9. The summed E-state index contributed by atoms with van der Waals surface area (Å²) in [5, 5.41) is 1.30. The van der Waals surface area contributed by atoms with Gasteiger partial charge in [0.15, 0.2) is 0 Å². The molecule has 4 aromatic rings. The van der Waals surface area contributed by atoms with E-state index in [0.717, 1.165) is 20.6 Å². The number of ether oxygens (including phenoxy) is 1. The molecule has 29 heavy (non-hydrogen) atoms. The van der Waals surface area contributed by atoms with Crippen molar-refractivity contribution in [2.45, 2.75) is 18.4 Å². The molecule has 2 aromatic heterocycles. The topological polar surface area (TPSA) is 61.2 Å². The van der Waals surface area contributed by atoms with Crippen molar-refractivity contribution in [2.75, 3.05) is 0 Å². The third-order valence-corrected chi connectivity index (χ3v) is 7.07. The van der Waals surface area contributed by atoms with Gasteiger partial charge in [-0.15, -0.1) is 0 Å². The highest BCUT2D eigenvalue weighted by Gasteiger charge is 2.23. The van der Waals surface area contributed by atoms with Gasteiger partial charge in [-0.05, 0) is 43.3 Å². The van der Waals surface area contributed by atoms with E-state index < -0.39 is 10.0 Å². The lowest BCUT2D eigenvalue weighted by Crippen LogP contribution is -2.12. The summed E-state index contributed by atoms with van der Waals surface area (Å²) in [6.07, 6.45) is 2.89. The van der Waals surface area contributed by atoms with E-state index in [9.17, 15) is 8.42 Å². The standard InChI is InChI=1S/C21H16Cl2N2O3S/c1-14-7-8-15-5-4-6-18(21(15)24-14)28-13-16-17(22)9-10-19(20(16)23)29(26,27)25-11-2-3-12-25/h2-12H,13H2,1H3. The Morgan fingerprint density at radius 2 is 1.76 bits per heavy atom. The van der Waals surface area contributed by atoms with Crippen LogP contribution in [0.5, 0.6) is 5.75 Å². The van der Waals surface area contributed by atoms with Gasteiger partial charge in [-0.3, -0.25) is 0 Å². The molecule has 5 nitrogen and oxygen atoms in total. The minimum absolute atomic E-state index is 0.00143. The van der Waals surface area contributed by atoms with Crippen molar-refractivity contribution in [3.8, 4) is 5.75 Å². The summed E-state index contributed by atoms with van der Waals surface area (Å²) in [6.45, 7) is 1.90. The Morgan fingerprint density at radius 3 is 2.52 bits per heavy atom. The number of aryl methyl sites for hydroxylation is 1. The van der Waals surface area contributed by atoms with Gasteiger partial charge in [0, 0.05) is 34.1 Å².